The maximum atomic E-state index is 11.0. The number of hydrogen-bond acceptors (Lipinski definition) is 3. The Morgan fingerprint density at radius 1 is 1.19 bits per heavy atom. The van der Waals surface area contributed by atoms with Crippen molar-refractivity contribution in [3.63, 3.8) is 0 Å². The molecule has 1 fully saturated rings. The van der Waals surface area contributed by atoms with E-state index in [-0.39, 0.29) is 12.3 Å². The molecule has 1 aromatic rings. The molecule has 0 bridgehead atoms. The van der Waals surface area contributed by atoms with Crippen molar-refractivity contribution in [2.24, 2.45) is 5.41 Å². The van der Waals surface area contributed by atoms with Crippen molar-refractivity contribution < 1.29 is 19.4 Å². The average molecular weight is 474 g/mol. The van der Waals surface area contributed by atoms with Crippen LogP contribution >= 0.6 is 22.6 Å². The molecule has 0 amide bonds. The lowest BCUT2D eigenvalue weighted by Crippen LogP contribution is -2.26. The number of alkyl halides is 1. The van der Waals surface area contributed by atoms with Gasteiger partial charge in [0.05, 0.1) is 19.6 Å². The first-order valence-corrected chi connectivity index (χ1v) is 10.7. The van der Waals surface area contributed by atoms with Crippen LogP contribution in [0.3, 0.4) is 0 Å². The Kier molecular flexibility index (Phi) is 8.67. The van der Waals surface area contributed by atoms with E-state index in [1.807, 2.05) is 24.3 Å². The molecule has 0 saturated heterocycles. The molecule has 2 atom stereocenters. The van der Waals surface area contributed by atoms with Gasteiger partial charge in [0.25, 0.3) is 0 Å². The Balaban J connectivity index is 1.85. The van der Waals surface area contributed by atoms with Crippen LogP contribution in [0, 0.1) is 5.41 Å². The second-order valence-electron chi connectivity index (χ2n) is 7.80. The molecule has 1 aliphatic carbocycles. The van der Waals surface area contributed by atoms with Crippen LogP contribution in [0.2, 0.25) is 0 Å². The van der Waals surface area contributed by atoms with Gasteiger partial charge >= 0.3 is 5.97 Å². The topological polar surface area (TPSA) is 55.8 Å². The third kappa shape index (κ3) is 7.06. The molecule has 26 heavy (non-hydrogen) atoms. The SMILES string of the molecule is COCC(CC(=O)O)c1ccc(OCC(I)CC2(C)CCCCC2)cc1. The predicted molar refractivity (Wildman–Crippen MR) is 112 cm³/mol. The van der Waals surface area contributed by atoms with Crippen molar-refractivity contribution in [3.8, 4) is 5.75 Å². The highest BCUT2D eigenvalue weighted by Crippen LogP contribution is 2.41. The minimum atomic E-state index is -0.809. The van der Waals surface area contributed by atoms with Crippen LogP contribution < -0.4 is 4.74 Å². The maximum Gasteiger partial charge on any atom is 0.304 e. The van der Waals surface area contributed by atoms with Crippen molar-refractivity contribution in [1.82, 2.24) is 0 Å². The van der Waals surface area contributed by atoms with Gasteiger partial charge in [-0.2, -0.15) is 0 Å². The zero-order valence-corrected chi connectivity index (χ0v) is 18.0. The lowest BCUT2D eigenvalue weighted by atomic mass is 9.73. The molecular weight excluding hydrogens is 443 g/mol. The largest absolute Gasteiger partial charge is 0.493 e. The molecule has 2 rings (SSSR count). The molecule has 4 nitrogen and oxygen atoms in total. The average Bonchev–Trinajstić information content (AvgIpc) is 2.60. The van der Waals surface area contributed by atoms with Crippen LogP contribution in [0.25, 0.3) is 0 Å². The van der Waals surface area contributed by atoms with E-state index in [0.717, 1.165) is 11.3 Å². The summed E-state index contributed by atoms with van der Waals surface area (Å²) in [6.07, 6.45) is 8.07. The number of rotatable bonds is 10. The third-order valence-corrected chi connectivity index (χ3v) is 6.15. The predicted octanol–water partition coefficient (Wildman–Crippen LogP) is 5.43. The Morgan fingerprint density at radius 3 is 2.42 bits per heavy atom. The fourth-order valence-electron chi connectivity index (χ4n) is 3.91. The number of carboxylic acid groups (broad SMARTS) is 1. The van der Waals surface area contributed by atoms with E-state index >= 15 is 0 Å². The minimum absolute atomic E-state index is 0.0719. The summed E-state index contributed by atoms with van der Waals surface area (Å²) in [5.41, 5.74) is 1.45. The number of carbonyl (C=O) groups is 1. The normalized spacial score (nSPS) is 18.9. The molecule has 2 unspecified atom stereocenters. The van der Waals surface area contributed by atoms with Gasteiger partial charge in [-0.3, -0.25) is 4.79 Å². The van der Waals surface area contributed by atoms with Gasteiger partial charge in [-0.25, -0.2) is 0 Å². The number of carboxylic acids is 1. The van der Waals surface area contributed by atoms with Crippen molar-refractivity contribution in [1.29, 1.82) is 0 Å². The van der Waals surface area contributed by atoms with Crippen molar-refractivity contribution in [2.45, 2.75) is 61.7 Å². The standard InChI is InChI=1S/C21H31IO4/c1-21(10-4-3-5-11-21)13-18(22)15-26-19-8-6-16(7-9-19)17(14-25-2)12-20(23)24/h6-9,17-18H,3-5,10-15H2,1-2H3,(H,23,24). The van der Waals surface area contributed by atoms with Gasteiger partial charge in [0.1, 0.15) is 5.75 Å². The molecule has 1 aromatic carbocycles. The molecule has 146 valence electrons. The molecule has 1 N–H and O–H groups in total. The highest BCUT2D eigenvalue weighted by Gasteiger charge is 2.29. The zero-order valence-electron chi connectivity index (χ0n) is 15.9. The quantitative estimate of drug-likeness (QED) is 0.363. The van der Waals surface area contributed by atoms with Crippen LogP contribution in [-0.4, -0.2) is 35.3 Å². The summed E-state index contributed by atoms with van der Waals surface area (Å²) in [6.45, 7) is 3.54. The molecule has 0 heterocycles. The van der Waals surface area contributed by atoms with Gasteiger partial charge < -0.3 is 14.6 Å². The number of halogens is 1. The van der Waals surface area contributed by atoms with Gasteiger partial charge in [-0.1, -0.05) is 60.9 Å². The highest BCUT2D eigenvalue weighted by atomic mass is 127. The number of ether oxygens (including phenoxy) is 2. The first-order chi connectivity index (χ1) is 12.4. The van der Waals surface area contributed by atoms with E-state index in [9.17, 15) is 4.79 Å². The number of methoxy groups -OCH3 is 1. The Hall–Kier alpha value is -0.820. The van der Waals surface area contributed by atoms with Gasteiger partial charge in [0.15, 0.2) is 0 Å². The number of benzene rings is 1. The lowest BCUT2D eigenvalue weighted by molar-refractivity contribution is -0.137. The Labute approximate surface area is 170 Å². The third-order valence-electron chi connectivity index (χ3n) is 5.35. The monoisotopic (exact) mass is 474 g/mol. The molecular formula is C21H31IO4. The van der Waals surface area contributed by atoms with Gasteiger partial charge in [0, 0.05) is 17.0 Å². The van der Waals surface area contributed by atoms with E-state index in [0.29, 0.717) is 22.6 Å². The first kappa shape index (κ1) is 21.5. The maximum absolute atomic E-state index is 11.0. The Morgan fingerprint density at radius 2 is 1.85 bits per heavy atom. The summed E-state index contributed by atoms with van der Waals surface area (Å²) in [5, 5.41) is 9.05. The molecule has 0 aromatic heterocycles. The van der Waals surface area contributed by atoms with Crippen LogP contribution in [0.1, 0.15) is 63.4 Å². The lowest BCUT2D eigenvalue weighted by Gasteiger charge is -2.35. The second-order valence-corrected chi connectivity index (χ2v) is 9.56. The van der Waals surface area contributed by atoms with Gasteiger partial charge in [-0.05, 0) is 42.4 Å². The smallest absolute Gasteiger partial charge is 0.304 e. The summed E-state index contributed by atoms with van der Waals surface area (Å²) >= 11 is 2.52. The van der Waals surface area contributed by atoms with E-state index in [1.165, 1.54) is 38.5 Å². The van der Waals surface area contributed by atoms with Gasteiger partial charge in [-0.15, -0.1) is 0 Å². The summed E-state index contributed by atoms with van der Waals surface area (Å²) in [5.74, 6) is -0.0952. The van der Waals surface area contributed by atoms with E-state index in [1.54, 1.807) is 7.11 Å². The molecule has 0 aliphatic heterocycles. The fourth-order valence-corrected chi connectivity index (χ4v) is 5.15. The van der Waals surface area contributed by atoms with E-state index in [4.69, 9.17) is 14.6 Å². The van der Waals surface area contributed by atoms with Crippen LogP contribution in [0.5, 0.6) is 5.75 Å². The molecule has 1 saturated carbocycles. The molecule has 1 aliphatic rings. The Bertz CT molecular complexity index is 552. The van der Waals surface area contributed by atoms with E-state index in [2.05, 4.69) is 29.5 Å². The van der Waals surface area contributed by atoms with Crippen LogP contribution in [0.15, 0.2) is 24.3 Å². The second kappa shape index (κ2) is 10.5. The zero-order chi connectivity index (χ0) is 19.0. The van der Waals surface area contributed by atoms with Crippen LogP contribution in [0.4, 0.5) is 0 Å². The fraction of sp³-hybridized carbons (Fsp3) is 0.667. The molecule has 5 heteroatoms. The van der Waals surface area contributed by atoms with Gasteiger partial charge in [0.2, 0.25) is 0 Å². The van der Waals surface area contributed by atoms with E-state index < -0.39 is 5.97 Å². The minimum Gasteiger partial charge on any atom is -0.493 e. The number of aliphatic carboxylic acids is 1. The number of hydrogen-bond donors (Lipinski definition) is 1. The first-order valence-electron chi connectivity index (χ1n) is 9.49. The summed E-state index contributed by atoms with van der Waals surface area (Å²) in [7, 11) is 1.60. The molecule has 0 spiro atoms. The van der Waals surface area contributed by atoms with Crippen molar-refractivity contribution in [2.75, 3.05) is 20.3 Å². The van der Waals surface area contributed by atoms with Crippen LogP contribution in [-0.2, 0) is 9.53 Å². The summed E-state index contributed by atoms with van der Waals surface area (Å²) < 4.78 is 11.6. The van der Waals surface area contributed by atoms with Crippen molar-refractivity contribution >= 4 is 28.6 Å². The summed E-state index contributed by atoms with van der Waals surface area (Å²) in [4.78, 5) is 11.0. The molecule has 0 radical (unpaired) electrons. The summed E-state index contributed by atoms with van der Waals surface area (Å²) in [6, 6.07) is 7.77. The highest BCUT2D eigenvalue weighted by molar-refractivity contribution is 14.1. The van der Waals surface area contributed by atoms with Crippen molar-refractivity contribution in [3.05, 3.63) is 29.8 Å².